The minimum Gasteiger partial charge on any atom is -0.400 e. The summed E-state index contributed by atoms with van der Waals surface area (Å²) in [6.45, 7) is 7.77. The van der Waals surface area contributed by atoms with Crippen LogP contribution in [0.2, 0.25) is 5.15 Å². The number of pyridine rings is 1. The summed E-state index contributed by atoms with van der Waals surface area (Å²) in [6.07, 6.45) is 3.45. The summed E-state index contributed by atoms with van der Waals surface area (Å²) >= 11 is 5.75. The molecule has 6 heteroatoms. The average Bonchev–Trinajstić information content (AvgIpc) is 2.57. The molecular weight excluding hydrogens is 276 g/mol. The Morgan fingerprint density at radius 2 is 1.90 bits per heavy atom. The van der Waals surface area contributed by atoms with Gasteiger partial charge < -0.3 is 14.4 Å². The lowest BCUT2D eigenvalue weighted by molar-refractivity contribution is 0.00578. The second-order valence-corrected chi connectivity index (χ2v) is 6.27. The van der Waals surface area contributed by atoms with Crippen molar-refractivity contribution in [1.82, 2.24) is 4.98 Å². The first-order valence-corrected chi connectivity index (χ1v) is 6.91. The Morgan fingerprint density at radius 1 is 1.30 bits per heavy atom. The highest BCUT2D eigenvalue weighted by atomic mass is 35.5. The molecular formula is C14H19BClNO3. The maximum Gasteiger partial charge on any atom is 0.492 e. The van der Waals surface area contributed by atoms with Crippen molar-refractivity contribution in [2.24, 2.45) is 0 Å². The second kappa shape index (κ2) is 5.49. The monoisotopic (exact) mass is 295 g/mol. The van der Waals surface area contributed by atoms with E-state index in [2.05, 4.69) is 4.98 Å². The molecule has 1 fully saturated rings. The highest BCUT2D eigenvalue weighted by Gasteiger charge is 2.52. The normalized spacial score (nSPS) is 21.3. The van der Waals surface area contributed by atoms with Gasteiger partial charge in [0.25, 0.3) is 0 Å². The lowest BCUT2D eigenvalue weighted by Crippen LogP contribution is -2.41. The van der Waals surface area contributed by atoms with Crippen molar-refractivity contribution in [3.05, 3.63) is 34.5 Å². The molecule has 2 heterocycles. The van der Waals surface area contributed by atoms with Gasteiger partial charge in [-0.2, -0.15) is 0 Å². The summed E-state index contributed by atoms with van der Waals surface area (Å²) in [5, 5.41) is 10.0. The molecule has 1 aliphatic rings. The molecule has 0 amide bonds. The predicted octanol–water partition coefficient (Wildman–Crippen LogP) is 2.74. The van der Waals surface area contributed by atoms with Crippen molar-refractivity contribution in [2.75, 3.05) is 6.61 Å². The number of hydrogen-bond donors (Lipinski definition) is 1. The number of aromatic nitrogens is 1. The molecule has 0 unspecified atom stereocenters. The van der Waals surface area contributed by atoms with Crippen molar-refractivity contribution in [3.63, 3.8) is 0 Å². The third-order valence-electron chi connectivity index (χ3n) is 3.84. The summed E-state index contributed by atoms with van der Waals surface area (Å²) in [5.41, 5.74) is 0.648. The van der Waals surface area contributed by atoms with Crippen LogP contribution in [0.5, 0.6) is 0 Å². The predicted molar refractivity (Wildman–Crippen MR) is 80.4 cm³/mol. The van der Waals surface area contributed by atoms with E-state index in [9.17, 15) is 5.11 Å². The van der Waals surface area contributed by atoms with Crippen LogP contribution >= 0.6 is 11.6 Å². The smallest absolute Gasteiger partial charge is 0.400 e. The van der Waals surface area contributed by atoms with Crippen LogP contribution in [0.1, 0.15) is 33.3 Å². The lowest BCUT2D eigenvalue weighted by atomic mass is 9.77. The largest absolute Gasteiger partial charge is 0.492 e. The lowest BCUT2D eigenvalue weighted by Gasteiger charge is -2.32. The Labute approximate surface area is 124 Å². The third-order valence-corrected chi connectivity index (χ3v) is 4.06. The van der Waals surface area contributed by atoms with E-state index in [-0.39, 0.29) is 6.61 Å². The van der Waals surface area contributed by atoms with Gasteiger partial charge in [-0.3, -0.25) is 0 Å². The molecule has 0 saturated carbocycles. The van der Waals surface area contributed by atoms with Gasteiger partial charge in [0.1, 0.15) is 5.15 Å². The molecule has 0 aromatic carbocycles. The summed E-state index contributed by atoms with van der Waals surface area (Å²) in [7, 11) is -0.555. The number of aliphatic hydroxyl groups is 1. The van der Waals surface area contributed by atoms with E-state index in [1.165, 1.54) is 0 Å². The van der Waals surface area contributed by atoms with Crippen LogP contribution in [0.3, 0.4) is 0 Å². The molecule has 0 aliphatic carbocycles. The van der Waals surface area contributed by atoms with E-state index < -0.39 is 18.3 Å². The molecule has 1 aromatic heterocycles. The molecule has 0 bridgehead atoms. The van der Waals surface area contributed by atoms with Crippen molar-refractivity contribution in [1.29, 1.82) is 0 Å². The summed E-state index contributed by atoms with van der Waals surface area (Å²) < 4.78 is 11.8. The van der Waals surface area contributed by atoms with Crippen LogP contribution in [-0.2, 0) is 9.31 Å². The standard InChI is InChI=1S/C14H19BClNO3/c1-13(2)14(3,4)20-15(19-13)11(9-18)7-10-5-6-12(16)17-8-10/h5-8,18H,9H2,1-4H3. The molecule has 0 atom stereocenters. The zero-order chi connectivity index (χ0) is 15.0. The van der Waals surface area contributed by atoms with E-state index >= 15 is 0 Å². The molecule has 20 heavy (non-hydrogen) atoms. The van der Waals surface area contributed by atoms with E-state index in [1.807, 2.05) is 39.8 Å². The second-order valence-electron chi connectivity index (χ2n) is 5.88. The first-order valence-electron chi connectivity index (χ1n) is 6.54. The molecule has 108 valence electrons. The number of hydrogen-bond acceptors (Lipinski definition) is 4. The van der Waals surface area contributed by atoms with Gasteiger partial charge in [-0.05, 0) is 44.8 Å². The molecule has 1 saturated heterocycles. The van der Waals surface area contributed by atoms with Gasteiger partial charge in [-0.15, -0.1) is 0 Å². The highest BCUT2D eigenvalue weighted by Crippen LogP contribution is 2.38. The van der Waals surface area contributed by atoms with Crippen molar-refractivity contribution < 1.29 is 14.4 Å². The Balaban J connectivity index is 2.24. The molecule has 1 N–H and O–H groups in total. The SMILES string of the molecule is CC1(C)OB(C(=Cc2ccc(Cl)nc2)CO)OC1(C)C. The molecule has 1 aliphatic heterocycles. The van der Waals surface area contributed by atoms with E-state index in [0.29, 0.717) is 10.6 Å². The summed E-state index contributed by atoms with van der Waals surface area (Å²) in [5.74, 6) is 0. The van der Waals surface area contributed by atoms with E-state index in [0.717, 1.165) is 5.56 Å². The maximum absolute atomic E-state index is 9.57. The van der Waals surface area contributed by atoms with Gasteiger partial charge in [0.2, 0.25) is 0 Å². The maximum atomic E-state index is 9.57. The van der Waals surface area contributed by atoms with Crippen LogP contribution in [0.4, 0.5) is 0 Å². The van der Waals surface area contributed by atoms with E-state index in [4.69, 9.17) is 20.9 Å². The topological polar surface area (TPSA) is 51.6 Å². The fourth-order valence-corrected chi connectivity index (χ4v) is 1.98. The average molecular weight is 296 g/mol. The molecule has 4 nitrogen and oxygen atoms in total. The number of rotatable bonds is 3. The highest BCUT2D eigenvalue weighted by molar-refractivity contribution is 6.55. The van der Waals surface area contributed by atoms with Crippen molar-refractivity contribution >= 4 is 24.8 Å². The Bertz CT molecular complexity index is 498. The van der Waals surface area contributed by atoms with Gasteiger partial charge in [-0.25, -0.2) is 4.98 Å². The van der Waals surface area contributed by atoms with Crippen molar-refractivity contribution in [3.8, 4) is 0 Å². The van der Waals surface area contributed by atoms with Crippen molar-refractivity contribution in [2.45, 2.75) is 38.9 Å². The minimum atomic E-state index is -0.555. The number of halogens is 1. The quantitative estimate of drug-likeness (QED) is 0.688. The molecule has 1 aromatic rings. The molecule has 2 rings (SSSR count). The summed E-state index contributed by atoms with van der Waals surface area (Å²) in [4.78, 5) is 4.01. The zero-order valence-electron chi connectivity index (χ0n) is 12.2. The number of aliphatic hydroxyl groups excluding tert-OH is 1. The minimum absolute atomic E-state index is 0.139. The van der Waals surface area contributed by atoms with Crippen LogP contribution in [-0.4, -0.2) is 35.0 Å². The van der Waals surface area contributed by atoms with Gasteiger partial charge in [0, 0.05) is 6.20 Å². The number of nitrogens with zero attached hydrogens (tertiary/aromatic N) is 1. The fourth-order valence-electron chi connectivity index (χ4n) is 1.87. The Morgan fingerprint density at radius 3 is 2.35 bits per heavy atom. The van der Waals surface area contributed by atoms with Gasteiger partial charge in [0.15, 0.2) is 0 Å². The van der Waals surface area contributed by atoms with Gasteiger partial charge in [-0.1, -0.05) is 23.7 Å². The van der Waals surface area contributed by atoms with Crippen LogP contribution in [0, 0.1) is 0 Å². The third kappa shape index (κ3) is 3.06. The van der Waals surface area contributed by atoms with Crippen LogP contribution in [0.15, 0.2) is 23.8 Å². The van der Waals surface area contributed by atoms with Crippen LogP contribution < -0.4 is 0 Å². The van der Waals surface area contributed by atoms with Crippen LogP contribution in [0.25, 0.3) is 6.08 Å². The van der Waals surface area contributed by atoms with Gasteiger partial charge in [0.05, 0.1) is 17.8 Å². The Kier molecular flexibility index (Phi) is 4.26. The Hall–Kier alpha value is -0.875. The molecule has 0 radical (unpaired) electrons. The molecule has 0 spiro atoms. The first kappa shape index (κ1) is 15.5. The zero-order valence-corrected chi connectivity index (χ0v) is 12.9. The fraction of sp³-hybridized carbons (Fsp3) is 0.500. The van der Waals surface area contributed by atoms with E-state index in [1.54, 1.807) is 12.3 Å². The first-order chi connectivity index (χ1) is 9.25. The van der Waals surface area contributed by atoms with Gasteiger partial charge >= 0.3 is 7.12 Å². The summed E-state index contributed by atoms with van der Waals surface area (Å²) in [6, 6.07) is 3.53.